The normalized spacial score (nSPS) is 14.4. The summed E-state index contributed by atoms with van der Waals surface area (Å²) in [4.78, 5) is 0.396. The number of hydrogen-bond acceptors (Lipinski definition) is 2. The van der Waals surface area contributed by atoms with E-state index in [-0.39, 0.29) is 0 Å². The molecule has 0 heterocycles. The Morgan fingerprint density at radius 1 is 1.04 bits per heavy atom. The minimum absolute atomic E-state index is 0.396. The lowest BCUT2D eigenvalue weighted by Gasteiger charge is -2.16. The van der Waals surface area contributed by atoms with E-state index in [2.05, 4.69) is 19.9 Å². The molecule has 0 N–H and O–H groups in total. The Morgan fingerprint density at radius 2 is 1.67 bits per heavy atom. The van der Waals surface area contributed by atoms with Crippen LogP contribution in [0.15, 0.2) is 70.2 Å². The zero-order valence-corrected chi connectivity index (χ0v) is 16.4. The van der Waals surface area contributed by atoms with Crippen molar-refractivity contribution in [3.05, 3.63) is 65.3 Å². The molecule has 0 amide bonds. The number of sulfone groups is 1. The van der Waals surface area contributed by atoms with Crippen LogP contribution in [0, 0.1) is 0 Å². The van der Waals surface area contributed by atoms with Gasteiger partial charge in [0.1, 0.15) is 0 Å². The summed E-state index contributed by atoms with van der Waals surface area (Å²) in [6.45, 7) is 10.1. The highest BCUT2D eigenvalue weighted by molar-refractivity contribution is 7.92. The van der Waals surface area contributed by atoms with Crippen molar-refractivity contribution >= 4 is 9.84 Å². The van der Waals surface area contributed by atoms with Crippen LogP contribution in [0.2, 0.25) is 0 Å². The van der Waals surface area contributed by atoms with Crippen LogP contribution in [0.3, 0.4) is 0 Å². The fraction of sp³-hybridized carbons (Fsp3) is 0.429. The average molecular weight is 347 g/mol. The molecule has 0 aliphatic rings. The van der Waals surface area contributed by atoms with Crippen LogP contribution in [0.5, 0.6) is 0 Å². The Morgan fingerprint density at radius 3 is 2.21 bits per heavy atom. The largest absolute Gasteiger partial charge is 0.223 e. The Balaban J connectivity index is 3.10. The van der Waals surface area contributed by atoms with Gasteiger partial charge in [-0.05, 0) is 66.0 Å². The van der Waals surface area contributed by atoms with Gasteiger partial charge in [0, 0.05) is 0 Å². The van der Waals surface area contributed by atoms with E-state index in [4.69, 9.17) is 0 Å². The summed E-state index contributed by atoms with van der Waals surface area (Å²) in [6, 6.07) is 8.75. The highest BCUT2D eigenvalue weighted by atomic mass is 32.2. The van der Waals surface area contributed by atoms with Crippen LogP contribution < -0.4 is 0 Å². The number of rotatable bonds is 8. The van der Waals surface area contributed by atoms with Crippen LogP contribution in [0.1, 0.15) is 53.9 Å². The van der Waals surface area contributed by atoms with Gasteiger partial charge in [-0.3, -0.25) is 0 Å². The molecule has 0 saturated heterocycles. The van der Waals surface area contributed by atoms with Crippen molar-refractivity contribution in [2.24, 2.45) is 0 Å². The lowest BCUT2D eigenvalue weighted by molar-refractivity contribution is 0.587. The van der Waals surface area contributed by atoms with Gasteiger partial charge in [0.2, 0.25) is 0 Å². The Labute approximate surface area is 147 Å². The molecule has 0 bridgehead atoms. The summed E-state index contributed by atoms with van der Waals surface area (Å²) in [6.07, 6.45) is 8.49. The first-order valence-corrected chi connectivity index (χ1v) is 10.0. The molecule has 24 heavy (non-hydrogen) atoms. The SMILES string of the molecule is C/C=C(\C)CC(/C=C(\C)CCC=C(C)C)S(=O)(=O)c1ccccc1. The van der Waals surface area contributed by atoms with Gasteiger partial charge >= 0.3 is 0 Å². The molecule has 1 atom stereocenters. The molecule has 3 heteroatoms. The number of hydrogen-bond donors (Lipinski definition) is 0. The molecule has 1 rings (SSSR count). The second kappa shape index (κ2) is 9.63. The van der Waals surface area contributed by atoms with E-state index in [0.717, 1.165) is 24.0 Å². The van der Waals surface area contributed by atoms with Gasteiger partial charge in [0.05, 0.1) is 10.1 Å². The van der Waals surface area contributed by atoms with Crippen LogP contribution >= 0.6 is 0 Å². The Kier molecular flexibility index (Phi) is 8.20. The highest BCUT2D eigenvalue weighted by Gasteiger charge is 2.25. The zero-order chi connectivity index (χ0) is 18.2. The predicted molar refractivity (Wildman–Crippen MR) is 104 cm³/mol. The van der Waals surface area contributed by atoms with Crippen LogP contribution in [0.4, 0.5) is 0 Å². The maximum atomic E-state index is 13.0. The summed E-state index contributed by atoms with van der Waals surface area (Å²) in [5.74, 6) is 0. The van der Waals surface area contributed by atoms with E-state index >= 15 is 0 Å². The molecule has 132 valence electrons. The van der Waals surface area contributed by atoms with Gasteiger partial charge in [-0.1, -0.05) is 53.1 Å². The third-order valence-corrected chi connectivity index (χ3v) is 6.08. The summed E-state index contributed by atoms with van der Waals surface area (Å²) >= 11 is 0. The average Bonchev–Trinajstić information content (AvgIpc) is 2.54. The second-order valence-electron chi connectivity index (χ2n) is 6.57. The summed E-state index contributed by atoms with van der Waals surface area (Å²) in [5.41, 5.74) is 3.51. The molecule has 0 aromatic heterocycles. The van der Waals surface area contributed by atoms with Crippen LogP contribution in [0.25, 0.3) is 0 Å². The number of allylic oxidation sites excluding steroid dienone is 5. The van der Waals surface area contributed by atoms with Gasteiger partial charge in [0.25, 0.3) is 0 Å². The maximum absolute atomic E-state index is 13.0. The summed E-state index contributed by atoms with van der Waals surface area (Å²) in [5, 5.41) is -0.511. The molecule has 0 aliphatic carbocycles. The Hall–Kier alpha value is -1.61. The first kappa shape index (κ1) is 20.4. The van der Waals surface area contributed by atoms with E-state index in [9.17, 15) is 8.42 Å². The van der Waals surface area contributed by atoms with Crippen molar-refractivity contribution < 1.29 is 8.42 Å². The smallest absolute Gasteiger partial charge is 0.185 e. The minimum Gasteiger partial charge on any atom is -0.223 e. The fourth-order valence-electron chi connectivity index (χ4n) is 2.47. The second-order valence-corrected chi connectivity index (χ2v) is 8.74. The third-order valence-electron chi connectivity index (χ3n) is 4.05. The molecule has 2 nitrogen and oxygen atoms in total. The van der Waals surface area contributed by atoms with Crippen molar-refractivity contribution in [3.63, 3.8) is 0 Å². The van der Waals surface area contributed by atoms with Crippen molar-refractivity contribution in [2.45, 2.75) is 64.0 Å². The van der Waals surface area contributed by atoms with Gasteiger partial charge in [-0.2, -0.15) is 0 Å². The standard InChI is InChI=1S/C21H30O2S/c1-6-18(4)15-21(16-19(5)12-10-11-17(2)3)24(22,23)20-13-8-7-9-14-20/h6-9,11,13-14,16,21H,10,12,15H2,1-5H3/b18-6+,19-16+. The summed E-state index contributed by atoms with van der Waals surface area (Å²) in [7, 11) is -3.38. The first-order valence-electron chi connectivity index (χ1n) is 8.48. The quantitative estimate of drug-likeness (QED) is 0.551. The molecule has 0 saturated carbocycles. The van der Waals surface area contributed by atoms with Crippen LogP contribution in [-0.2, 0) is 9.84 Å². The predicted octanol–water partition coefficient (Wildman–Crippen LogP) is 5.88. The van der Waals surface area contributed by atoms with E-state index < -0.39 is 15.1 Å². The van der Waals surface area contributed by atoms with Crippen molar-refractivity contribution in [1.29, 1.82) is 0 Å². The molecule has 0 radical (unpaired) electrons. The fourth-order valence-corrected chi connectivity index (χ4v) is 4.25. The van der Waals surface area contributed by atoms with Crippen molar-refractivity contribution in [2.75, 3.05) is 0 Å². The van der Waals surface area contributed by atoms with E-state index in [1.165, 1.54) is 5.57 Å². The molecule has 1 aromatic rings. The lowest BCUT2D eigenvalue weighted by Crippen LogP contribution is -2.20. The molecule has 0 aliphatic heterocycles. The minimum atomic E-state index is -3.38. The van der Waals surface area contributed by atoms with Gasteiger partial charge in [-0.15, -0.1) is 0 Å². The Bertz CT molecular complexity index is 703. The maximum Gasteiger partial charge on any atom is 0.185 e. The molecule has 0 spiro atoms. The molecular weight excluding hydrogens is 316 g/mol. The highest BCUT2D eigenvalue weighted by Crippen LogP contribution is 2.24. The van der Waals surface area contributed by atoms with Gasteiger partial charge in [0.15, 0.2) is 9.84 Å². The molecule has 1 aromatic carbocycles. The zero-order valence-electron chi connectivity index (χ0n) is 15.5. The lowest BCUT2D eigenvalue weighted by atomic mass is 10.1. The van der Waals surface area contributed by atoms with Crippen molar-refractivity contribution in [3.8, 4) is 0 Å². The van der Waals surface area contributed by atoms with Crippen LogP contribution in [-0.4, -0.2) is 13.7 Å². The van der Waals surface area contributed by atoms with E-state index in [1.807, 2.05) is 39.0 Å². The first-order chi connectivity index (χ1) is 11.3. The third kappa shape index (κ3) is 6.48. The topological polar surface area (TPSA) is 34.1 Å². The van der Waals surface area contributed by atoms with E-state index in [1.54, 1.807) is 24.3 Å². The molecule has 0 fully saturated rings. The molecular formula is C21H30O2S. The van der Waals surface area contributed by atoms with E-state index in [0.29, 0.717) is 11.3 Å². The number of benzene rings is 1. The van der Waals surface area contributed by atoms with Gasteiger partial charge < -0.3 is 0 Å². The van der Waals surface area contributed by atoms with Gasteiger partial charge in [-0.25, -0.2) is 8.42 Å². The monoisotopic (exact) mass is 346 g/mol. The summed E-state index contributed by atoms with van der Waals surface area (Å²) < 4.78 is 26.0. The van der Waals surface area contributed by atoms with Crippen molar-refractivity contribution in [1.82, 2.24) is 0 Å². The molecule has 1 unspecified atom stereocenters.